The predicted molar refractivity (Wildman–Crippen MR) is 90.9 cm³/mol. The molecule has 1 fully saturated rings. The number of ether oxygens (including phenoxy) is 4. The fraction of sp³-hybridized carbons (Fsp3) is 0.833. The largest absolute Gasteiger partial charge is 0.455 e. The van der Waals surface area contributed by atoms with Gasteiger partial charge in [0, 0.05) is 19.3 Å². The van der Waals surface area contributed by atoms with E-state index in [4.69, 9.17) is 18.9 Å². The first-order valence-corrected chi connectivity index (χ1v) is 9.25. The van der Waals surface area contributed by atoms with Gasteiger partial charge in [-0.15, -0.1) is 0 Å². The smallest absolute Gasteiger partial charge is 0.306 e. The molecule has 1 aliphatic heterocycles. The Labute approximate surface area is 154 Å². The molecule has 0 aromatic heterocycles. The van der Waals surface area contributed by atoms with Gasteiger partial charge < -0.3 is 24.1 Å². The van der Waals surface area contributed by atoms with Gasteiger partial charge in [0.05, 0.1) is 6.10 Å². The molecular formula is C18H30O8. The third kappa shape index (κ3) is 6.57. The molecule has 0 aromatic carbocycles. The number of rotatable bonds is 9. The maximum Gasteiger partial charge on any atom is 0.306 e. The van der Waals surface area contributed by atoms with Crippen LogP contribution < -0.4 is 0 Å². The Morgan fingerprint density at radius 2 is 1.15 bits per heavy atom. The van der Waals surface area contributed by atoms with Gasteiger partial charge in [0.2, 0.25) is 0 Å². The summed E-state index contributed by atoms with van der Waals surface area (Å²) in [6, 6.07) is 0. The van der Waals surface area contributed by atoms with Crippen molar-refractivity contribution in [1.82, 2.24) is 0 Å². The molecule has 0 aliphatic carbocycles. The summed E-state index contributed by atoms with van der Waals surface area (Å²) >= 11 is 0. The lowest BCUT2D eigenvalue weighted by Crippen LogP contribution is -2.60. The summed E-state index contributed by atoms with van der Waals surface area (Å²) in [4.78, 5) is 35.8. The van der Waals surface area contributed by atoms with E-state index in [1.165, 1.54) is 0 Å². The molecule has 150 valence electrons. The molecule has 0 bridgehead atoms. The number of aliphatic hydroxyl groups excluding tert-OH is 1. The number of hydrogen-bond acceptors (Lipinski definition) is 8. The SMILES string of the molecule is CCCC(=O)O[C@@H]1[C@@H](OC(=O)CCC)[C@@H](OC(=O)CCC)C(O)O[C@H]1C. The lowest BCUT2D eigenvalue weighted by molar-refractivity contribution is -0.289. The van der Waals surface area contributed by atoms with Crippen molar-refractivity contribution in [1.29, 1.82) is 0 Å². The lowest BCUT2D eigenvalue weighted by atomic mass is 9.98. The molecule has 0 aromatic rings. The Morgan fingerprint density at radius 1 is 0.769 bits per heavy atom. The molecule has 8 heteroatoms. The number of hydrogen-bond donors (Lipinski definition) is 1. The summed E-state index contributed by atoms with van der Waals surface area (Å²) in [6.45, 7) is 7.06. The predicted octanol–water partition coefficient (Wildman–Crippen LogP) is 1.86. The normalized spacial score (nSPS) is 28.3. The molecule has 0 amide bonds. The second kappa shape index (κ2) is 11.1. The maximum absolute atomic E-state index is 12.0. The average Bonchev–Trinajstić information content (AvgIpc) is 2.55. The van der Waals surface area contributed by atoms with Gasteiger partial charge in [-0.2, -0.15) is 0 Å². The monoisotopic (exact) mass is 374 g/mol. The van der Waals surface area contributed by atoms with E-state index in [2.05, 4.69) is 0 Å². The first-order valence-electron chi connectivity index (χ1n) is 9.25. The quantitative estimate of drug-likeness (QED) is 0.481. The van der Waals surface area contributed by atoms with E-state index in [0.717, 1.165) is 0 Å². The minimum atomic E-state index is -1.48. The minimum absolute atomic E-state index is 0.148. The molecule has 0 radical (unpaired) electrons. The standard InChI is InChI=1S/C18H30O8/c1-5-8-12(19)24-15-11(4)23-18(22)17(26-14(21)10-7-3)16(15)25-13(20)9-6-2/h11,15-18,22H,5-10H2,1-4H3/t11-,15-,16+,17+,18?/m0/s1. The van der Waals surface area contributed by atoms with E-state index in [0.29, 0.717) is 19.3 Å². The fourth-order valence-corrected chi connectivity index (χ4v) is 2.66. The molecule has 5 atom stereocenters. The zero-order valence-corrected chi connectivity index (χ0v) is 15.9. The van der Waals surface area contributed by atoms with Crippen LogP contribution in [0, 0.1) is 0 Å². The number of aliphatic hydroxyl groups is 1. The van der Waals surface area contributed by atoms with Gasteiger partial charge in [0.1, 0.15) is 0 Å². The molecule has 0 spiro atoms. The van der Waals surface area contributed by atoms with Crippen molar-refractivity contribution in [2.45, 2.75) is 96.9 Å². The van der Waals surface area contributed by atoms with Crippen LogP contribution in [-0.2, 0) is 33.3 Å². The molecule has 1 unspecified atom stereocenters. The van der Waals surface area contributed by atoms with Crippen LogP contribution in [0.25, 0.3) is 0 Å². The van der Waals surface area contributed by atoms with Crippen molar-refractivity contribution in [3.8, 4) is 0 Å². The fourth-order valence-electron chi connectivity index (χ4n) is 2.66. The molecule has 0 saturated carbocycles. The zero-order chi connectivity index (χ0) is 19.7. The highest BCUT2D eigenvalue weighted by Crippen LogP contribution is 2.28. The highest BCUT2D eigenvalue weighted by Gasteiger charge is 2.50. The first-order chi connectivity index (χ1) is 12.3. The number of carbonyl (C=O) groups excluding carboxylic acids is 3. The van der Waals surface area contributed by atoms with Crippen molar-refractivity contribution in [2.75, 3.05) is 0 Å². The molecule has 1 N–H and O–H groups in total. The van der Waals surface area contributed by atoms with Crippen LogP contribution in [0.5, 0.6) is 0 Å². The Balaban J connectivity index is 3.03. The van der Waals surface area contributed by atoms with E-state index in [9.17, 15) is 19.5 Å². The van der Waals surface area contributed by atoms with Crippen molar-refractivity contribution in [3.63, 3.8) is 0 Å². The van der Waals surface area contributed by atoms with Crippen molar-refractivity contribution < 1.29 is 38.4 Å². The molecular weight excluding hydrogens is 344 g/mol. The van der Waals surface area contributed by atoms with Crippen LogP contribution >= 0.6 is 0 Å². The van der Waals surface area contributed by atoms with E-state index in [1.54, 1.807) is 6.92 Å². The number of carbonyl (C=O) groups is 3. The molecule has 1 saturated heterocycles. The second-order valence-corrected chi connectivity index (χ2v) is 6.35. The average molecular weight is 374 g/mol. The Bertz CT molecular complexity index is 446. The molecule has 1 aliphatic rings. The molecule has 8 nitrogen and oxygen atoms in total. The maximum atomic E-state index is 12.0. The summed E-state index contributed by atoms with van der Waals surface area (Å²) in [7, 11) is 0. The van der Waals surface area contributed by atoms with Crippen LogP contribution in [0.4, 0.5) is 0 Å². The third-order valence-corrected chi connectivity index (χ3v) is 3.91. The summed E-state index contributed by atoms with van der Waals surface area (Å²) in [6.07, 6.45) is -3.34. The number of esters is 3. The van der Waals surface area contributed by atoms with Crippen molar-refractivity contribution >= 4 is 17.9 Å². The molecule has 1 heterocycles. The lowest BCUT2D eigenvalue weighted by Gasteiger charge is -2.42. The van der Waals surface area contributed by atoms with Crippen LogP contribution in [-0.4, -0.2) is 53.7 Å². The zero-order valence-electron chi connectivity index (χ0n) is 15.9. The van der Waals surface area contributed by atoms with E-state index in [1.807, 2.05) is 20.8 Å². The summed E-state index contributed by atoms with van der Waals surface area (Å²) < 4.78 is 21.5. The van der Waals surface area contributed by atoms with Crippen molar-refractivity contribution in [2.24, 2.45) is 0 Å². The van der Waals surface area contributed by atoms with Gasteiger partial charge in [0.25, 0.3) is 0 Å². The van der Waals surface area contributed by atoms with Crippen LogP contribution in [0.1, 0.15) is 66.2 Å². The van der Waals surface area contributed by atoms with E-state index in [-0.39, 0.29) is 19.3 Å². The van der Waals surface area contributed by atoms with Crippen molar-refractivity contribution in [3.05, 3.63) is 0 Å². The summed E-state index contributed by atoms with van der Waals surface area (Å²) in [5, 5.41) is 10.2. The highest BCUT2D eigenvalue weighted by molar-refractivity contribution is 5.71. The van der Waals surface area contributed by atoms with Gasteiger partial charge in [-0.05, 0) is 26.2 Å². The molecule has 26 heavy (non-hydrogen) atoms. The van der Waals surface area contributed by atoms with Gasteiger partial charge >= 0.3 is 17.9 Å². The summed E-state index contributed by atoms with van der Waals surface area (Å²) in [5.74, 6) is -1.55. The first kappa shape index (κ1) is 22.4. The van der Waals surface area contributed by atoms with Gasteiger partial charge in [-0.1, -0.05) is 20.8 Å². The minimum Gasteiger partial charge on any atom is -0.455 e. The van der Waals surface area contributed by atoms with Crippen LogP contribution in [0.15, 0.2) is 0 Å². The van der Waals surface area contributed by atoms with Gasteiger partial charge in [-0.3, -0.25) is 14.4 Å². The Kier molecular flexibility index (Phi) is 9.58. The Morgan fingerprint density at radius 3 is 1.58 bits per heavy atom. The third-order valence-electron chi connectivity index (χ3n) is 3.91. The van der Waals surface area contributed by atoms with Crippen LogP contribution in [0.3, 0.4) is 0 Å². The van der Waals surface area contributed by atoms with Gasteiger partial charge in [0.15, 0.2) is 24.6 Å². The van der Waals surface area contributed by atoms with E-state index >= 15 is 0 Å². The molecule has 1 rings (SSSR count). The van der Waals surface area contributed by atoms with Gasteiger partial charge in [-0.25, -0.2) is 0 Å². The highest BCUT2D eigenvalue weighted by atomic mass is 16.7. The Hall–Kier alpha value is -1.67. The summed E-state index contributed by atoms with van der Waals surface area (Å²) in [5.41, 5.74) is 0. The topological polar surface area (TPSA) is 108 Å². The van der Waals surface area contributed by atoms with E-state index < -0.39 is 48.6 Å². The van der Waals surface area contributed by atoms with Crippen LogP contribution in [0.2, 0.25) is 0 Å². The second-order valence-electron chi connectivity index (χ2n) is 6.35.